The van der Waals surface area contributed by atoms with Crippen molar-refractivity contribution in [1.82, 2.24) is 5.32 Å². The van der Waals surface area contributed by atoms with E-state index < -0.39 is 12.0 Å². The van der Waals surface area contributed by atoms with Crippen molar-refractivity contribution >= 4 is 11.9 Å². The zero-order chi connectivity index (χ0) is 17.2. The van der Waals surface area contributed by atoms with Crippen LogP contribution in [0.5, 0.6) is 0 Å². The minimum Gasteiger partial charge on any atom is -0.480 e. The van der Waals surface area contributed by atoms with Crippen LogP contribution in [0.15, 0.2) is 24.3 Å². The Morgan fingerprint density at radius 3 is 2.26 bits per heavy atom. The summed E-state index contributed by atoms with van der Waals surface area (Å²) >= 11 is 0. The van der Waals surface area contributed by atoms with E-state index in [1.54, 1.807) is 0 Å². The SMILES string of the molecule is CCCC(NC(=O)CCCc1ccc(CC(C)C)cc1)C(=O)O. The first-order chi connectivity index (χ1) is 10.9. The second kappa shape index (κ2) is 10.0. The molecule has 0 aromatic heterocycles. The predicted octanol–water partition coefficient (Wildman–Crippen LogP) is 3.58. The predicted molar refractivity (Wildman–Crippen MR) is 92.4 cm³/mol. The molecule has 0 aliphatic rings. The molecule has 0 spiro atoms. The quantitative estimate of drug-likeness (QED) is 0.693. The van der Waals surface area contributed by atoms with Gasteiger partial charge < -0.3 is 10.4 Å². The van der Waals surface area contributed by atoms with Gasteiger partial charge in [-0.1, -0.05) is 51.5 Å². The molecule has 4 heteroatoms. The lowest BCUT2D eigenvalue weighted by Crippen LogP contribution is -2.40. The zero-order valence-electron chi connectivity index (χ0n) is 14.5. The van der Waals surface area contributed by atoms with E-state index in [2.05, 4.69) is 43.4 Å². The van der Waals surface area contributed by atoms with Crippen LogP contribution in [0.4, 0.5) is 0 Å². The maximum Gasteiger partial charge on any atom is 0.326 e. The van der Waals surface area contributed by atoms with Crippen molar-refractivity contribution in [1.29, 1.82) is 0 Å². The lowest BCUT2D eigenvalue weighted by Gasteiger charge is -2.13. The van der Waals surface area contributed by atoms with Crippen molar-refractivity contribution in [2.45, 2.75) is 65.3 Å². The van der Waals surface area contributed by atoms with Gasteiger partial charge in [-0.25, -0.2) is 4.79 Å². The number of hydrogen-bond donors (Lipinski definition) is 2. The number of benzene rings is 1. The summed E-state index contributed by atoms with van der Waals surface area (Å²) in [4.78, 5) is 22.8. The van der Waals surface area contributed by atoms with E-state index >= 15 is 0 Å². The number of nitrogens with one attached hydrogen (secondary N) is 1. The third-order valence-corrected chi connectivity index (χ3v) is 3.75. The van der Waals surface area contributed by atoms with Gasteiger partial charge in [-0.3, -0.25) is 4.79 Å². The topological polar surface area (TPSA) is 66.4 Å². The van der Waals surface area contributed by atoms with Crippen LogP contribution in [-0.2, 0) is 22.4 Å². The number of aryl methyl sites for hydroxylation is 1. The summed E-state index contributed by atoms with van der Waals surface area (Å²) in [6.07, 6.45) is 4.21. The molecule has 1 atom stereocenters. The second-order valence-corrected chi connectivity index (χ2v) is 6.52. The van der Waals surface area contributed by atoms with Gasteiger partial charge in [0.05, 0.1) is 0 Å². The molecule has 0 saturated carbocycles. The Balaban J connectivity index is 2.35. The largest absolute Gasteiger partial charge is 0.480 e. The Hall–Kier alpha value is -1.84. The summed E-state index contributed by atoms with van der Waals surface area (Å²) in [5, 5.41) is 11.6. The summed E-state index contributed by atoms with van der Waals surface area (Å²) < 4.78 is 0. The number of aliphatic carboxylic acids is 1. The van der Waals surface area contributed by atoms with Gasteiger partial charge in [0.25, 0.3) is 0 Å². The average molecular weight is 319 g/mol. The normalized spacial score (nSPS) is 12.2. The first-order valence-electron chi connectivity index (χ1n) is 8.52. The fourth-order valence-electron chi connectivity index (χ4n) is 2.58. The fraction of sp³-hybridized carbons (Fsp3) is 0.579. The number of carbonyl (C=O) groups is 2. The molecule has 0 heterocycles. The molecular formula is C19H29NO3. The molecule has 2 N–H and O–H groups in total. The van der Waals surface area contributed by atoms with Crippen LogP contribution >= 0.6 is 0 Å². The summed E-state index contributed by atoms with van der Waals surface area (Å²) in [5.41, 5.74) is 2.55. The van der Waals surface area contributed by atoms with Gasteiger partial charge in [-0.15, -0.1) is 0 Å². The Morgan fingerprint density at radius 2 is 1.74 bits per heavy atom. The highest BCUT2D eigenvalue weighted by Gasteiger charge is 2.18. The molecule has 0 saturated heterocycles. The highest BCUT2D eigenvalue weighted by Crippen LogP contribution is 2.12. The first-order valence-corrected chi connectivity index (χ1v) is 8.52. The van der Waals surface area contributed by atoms with Crippen LogP contribution in [0.1, 0.15) is 57.6 Å². The second-order valence-electron chi connectivity index (χ2n) is 6.52. The van der Waals surface area contributed by atoms with Gasteiger partial charge >= 0.3 is 5.97 Å². The zero-order valence-corrected chi connectivity index (χ0v) is 14.5. The van der Waals surface area contributed by atoms with E-state index in [1.165, 1.54) is 11.1 Å². The molecular weight excluding hydrogens is 290 g/mol. The van der Waals surface area contributed by atoms with E-state index in [0.29, 0.717) is 18.8 Å². The molecule has 0 aliphatic heterocycles. The maximum absolute atomic E-state index is 11.8. The smallest absolute Gasteiger partial charge is 0.326 e. The van der Waals surface area contributed by atoms with Crippen molar-refractivity contribution in [3.63, 3.8) is 0 Å². The number of amides is 1. The van der Waals surface area contributed by atoms with Gasteiger partial charge in [-0.2, -0.15) is 0 Å². The number of carbonyl (C=O) groups excluding carboxylic acids is 1. The van der Waals surface area contributed by atoms with E-state index in [4.69, 9.17) is 5.11 Å². The van der Waals surface area contributed by atoms with Crippen molar-refractivity contribution < 1.29 is 14.7 Å². The molecule has 1 aromatic carbocycles. The molecule has 0 bridgehead atoms. The van der Waals surface area contributed by atoms with E-state index in [1.807, 2.05) is 6.92 Å². The minimum absolute atomic E-state index is 0.178. The lowest BCUT2D eigenvalue weighted by molar-refractivity contribution is -0.142. The van der Waals surface area contributed by atoms with Crippen LogP contribution in [0.25, 0.3) is 0 Å². The number of hydrogen-bond acceptors (Lipinski definition) is 2. The van der Waals surface area contributed by atoms with Gasteiger partial charge in [0.2, 0.25) is 5.91 Å². The Labute approximate surface area is 139 Å². The van der Waals surface area contributed by atoms with E-state index in [9.17, 15) is 9.59 Å². The van der Waals surface area contributed by atoms with Gasteiger partial charge in [-0.05, 0) is 42.7 Å². The van der Waals surface area contributed by atoms with Crippen LogP contribution in [0.2, 0.25) is 0 Å². The molecule has 0 aliphatic carbocycles. The maximum atomic E-state index is 11.8. The van der Waals surface area contributed by atoms with E-state index in [0.717, 1.165) is 25.7 Å². The fourth-order valence-corrected chi connectivity index (χ4v) is 2.58. The highest BCUT2D eigenvalue weighted by molar-refractivity contribution is 5.83. The number of carboxylic acids is 1. The summed E-state index contributed by atoms with van der Waals surface area (Å²) in [7, 11) is 0. The Morgan fingerprint density at radius 1 is 1.13 bits per heavy atom. The van der Waals surface area contributed by atoms with Crippen molar-refractivity contribution in [2.24, 2.45) is 5.92 Å². The number of rotatable bonds is 10. The molecule has 1 rings (SSSR count). The van der Waals surface area contributed by atoms with Crippen LogP contribution in [0, 0.1) is 5.92 Å². The Bertz CT molecular complexity index is 494. The van der Waals surface area contributed by atoms with Crippen LogP contribution in [0.3, 0.4) is 0 Å². The third kappa shape index (κ3) is 7.82. The van der Waals surface area contributed by atoms with Crippen molar-refractivity contribution in [3.05, 3.63) is 35.4 Å². The highest BCUT2D eigenvalue weighted by atomic mass is 16.4. The molecule has 0 radical (unpaired) electrons. The summed E-state index contributed by atoms with van der Waals surface area (Å²) in [6, 6.07) is 7.77. The molecule has 1 unspecified atom stereocenters. The van der Waals surface area contributed by atoms with Gasteiger partial charge in [0.15, 0.2) is 0 Å². The van der Waals surface area contributed by atoms with Crippen LogP contribution < -0.4 is 5.32 Å². The van der Waals surface area contributed by atoms with Gasteiger partial charge in [0.1, 0.15) is 6.04 Å². The molecule has 23 heavy (non-hydrogen) atoms. The molecule has 4 nitrogen and oxygen atoms in total. The summed E-state index contributed by atoms with van der Waals surface area (Å²) in [5.74, 6) is -0.488. The third-order valence-electron chi connectivity index (χ3n) is 3.75. The van der Waals surface area contributed by atoms with Crippen molar-refractivity contribution in [2.75, 3.05) is 0 Å². The van der Waals surface area contributed by atoms with Crippen LogP contribution in [-0.4, -0.2) is 23.0 Å². The van der Waals surface area contributed by atoms with E-state index in [-0.39, 0.29) is 5.91 Å². The van der Waals surface area contributed by atoms with Gasteiger partial charge in [0, 0.05) is 6.42 Å². The molecule has 1 aromatic rings. The first kappa shape index (κ1) is 19.2. The number of carboxylic acid groups (broad SMARTS) is 1. The van der Waals surface area contributed by atoms with Crippen molar-refractivity contribution in [3.8, 4) is 0 Å². The average Bonchev–Trinajstić information content (AvgIpc) is 2.48. The molecule has 128 valence electrons. The monoisotopic (exact) mass is 319 g/mol. The molecule has 1 amide bonds. The standard InChI is InChI=1S/C19H29NO3/c1-4-6-17(19(22)23)20-18(21)8-5-7-15-9-11-16(12-10-15)13-14(2)3/h9-12,14,17H,4-8,13H2,1-3H3,(H,20,21)(H,22,23). The Kier molecular flexibility index (Phi) is 8.38. The lowest BCUT2D eigenvalue weighted by atomic mass is 10.00. The summed E-state index contributed by atoms with van der Waals surface area (Å²) in [6.45, 7) is 6.32. The molecule has 0 fully saturated rings. The minimum atomic E-state index is -0.957.